The van der Waals surface area contributed by atoms with Crippen LogP contribution >= 0.6 is 23.4 Å². The molecule has 0 N–H and O–H groups in total. The molecule has 1 saturated heterocycles. The Morgan fingerprint density at radius 2 is 2.27 bits per heavy atom. The maximum Gasteiger partial charge on any atom is 0.227 e. The number of ether oxygens (including phenoxy) is 1. The van der Waals surface area contributed by atoms with Crippen LogP contribution in [0.15, 0.2) is 18.2 Å². The molecule has 0 aromatic heterocycles. The fourth-order valence-corrected chi connectivity index (χ4v) is 3.29. The topological polar surface area (TPSA) is 46.6 Å². The van der Waals surface area contributed by atoms with Gasteiger partial charge in [0.05, 0.1) is 11.6 Å². The van der Waals surface area contributed by atoms with E-state index in [9.17, 15) is 9.59 Å². The van der Waals surface area contributed by atoms with Gasteiger partial charge in [-0.05, 0) is 30.5 Å². The third kappa shape index (κ3) is 4.40. The molecule has 1 aliphatic rings. The first kappa shape index (κ1) is 17.2. The number of halogens is 1. The van der Waals surface area contributed by atoms with Crippen LogP contribution < -0.4 is 9.64 Å². The summed E-state index contributed by atoms with van der Waals surface area (Å²) in [4.78, 5) is 24.9. The summed E-state index contributed by atoms with van der Waals surface area (Å²) in [5.41, 5.74) is 0.786. The highest BCUT2D eigenvalue weighted by Crippen LogP contribution is 2.33. The molecule has 1 aliphatic heterocycles. The van der Waals surface area contributed by atoms with Crippen LogP contribution in [-0.4, -0.2) is 29.9 Å². The molecular formula is C16H20ClNO3S. The summed E-state index contributed by atoms with van der Waals surface area (Å²) in [6.45, 7) is 4.83. The van der Waals surface area contributed by atoms with E-state index >= 15 is 0 Å². The number of amides is 1. The maximum atomic E-state index is 12.2. The predicted molar refractivity (Wildman–Crippen MR) is 90.8 cm³/mol. The van der Waals surface area contributed by atoms with Crippen molar-refractivity contribution in [1.82, 2.24) is 0 Å². The lowest BCUT2D eigenvalue weighted by molar-refractivity contribution is -0.117. The Kier molecular flexibility index (Phi) is 6.15. The first-order chi connectivity index (χ1) is 10.5. The molecule has 0 aliphatic carbocycles. The number of nitrogens with zero attached hydrogens (tertiary/aromatic N) is 1. The molecule has 0 radical (unpaired) electrons. The Hall–Kier alpha value is -1.20. The average Bonchev–Trinajstić information content (AvgIpc) is 2.85. The van der Waals surface area contributed by atoms with Crippen LogP contribution in [-0.2, 0) is 9.59 Å². The second-order valence-electron chi connectivity index (χ2n) is 5.34. The van der Waals surface area contributed by atoms with Gasteiger partial charge in [-0.2, -0.15) is 0 Å². The SMILES string of the molecule is CCCOc1ccc(N2CC(CSC(C)=O)CC2=O)cc1Cl. The third-order valence-electron chi connectivity index (χ3n) is 3.42. The van der Waals surface area contributed by atoms with E-state index in [1.54, 1.807) is 24.0 Å². The minimum absolute atomic E-state index is 0.0763. The number of hydrogen-bond acceptors (Lipinski definition) is 4. The second kappa shape index (κ2) is 7.88. The molecule has 1 heterocycles. The number of hydrogen-bond donors (Lipinski definition) is 0. The van der Waals surface area contributed by atoms with Crippen molar-refractivity contribution in [3.63, 3.8) is 0 Å². The van der Waals surface area contributed by atoms with Gasteiger partial charge >= 0.3 is 0 Å². The Labute approximate surface area is 140 Å². The number of carbonyl (C=O) groups excluding carboxylic acids is 2. The minimum atomic E-state index is 0.0763. The van der Waals surface area contributed by atoms with E-state index in [1.165, 1.54) is 11.8 Å². The molecule has 4 nitrogen and oxygen atoms in total. The third-order valence-corrected chi connectivity index (χ3v) is 4.76. The largest absolute Gasteiger partial charge is 0.492 e. The van der Waals surface area contributed by atoms with Gasteiger partial charge in [0, 0.05) is 31.3 Å². The van der Waals surface area contributed by atoms with E-state index < -0.39 is 0 Å². The molecule has 1 atom stereocenters. The van der Waals surface area contributed by atoms with Gasteiger partial charge in [0.15, 0.2) is 5.12 Å². The first-order valence-corrected chi connectivity index (χ1v) is 8.73. The lowest BCUT2D eigenvalue weighted by Crippen LogP contribution is -2.24. The number of benzene rings is 1. The van der Waals surface area contributed by atoms with Crippen molar-refractivity contribution in [2.24, 2.45) is 5.92 Å². The van der Waals surface area contributed by atoms with Crippen LogP contribution in [0, 0.1) is 5.92 Å². The highest BCUT2D eigenvalue weighted by Gasteiger charge is 2.31. The Balaban J connectivity index is 2.03. The number of thioether (sulfide) groups is 1. The molecule has 1 fully saturated rings. The van der Waals surface area contributed by atoms with Gasteiger partial charge in [0.2, 0.25) is 5.91 Å². The van der Waals surface area contributed by atoms with Crippen LogP contribution in [0.25, 0.3) is 0 Å². The molecule has 22 heavy (non-hydrogen) atoms. The van der Waals surface area contributed by atoms with Gasteiger partial charge in [-0.15, -0.1) is 0 Å². The molecule has 6 heteroatoms. The van der Waals surface area contributed by atoms with E-state index in [4.69, 9.17) is 16.3 Å². The van der Waals surface area contributed by atoms with E-state index in [-0.39, 0.29) is 16.9 Å². The van der Waals surface area contributed by atoms with Gasteiger partial charge in [-0.25, -0.2) is 0 Å². The van der Waals surface area contributed by atoms with Crippen molar-refractivity contribution in [3.05, 3.63) is 23.2 Å². The standard InChI is InChI=1S/C16H20ClNO3S/c1-3-6-21-15-5-4-13(8-14(15)17)18-9-12(7-16(18)20)10-22-11(2)19/h4-5,8,12H,3,6-7,9-10H2,1-2H3. The van der Waals surface area contributed by atoms with Crippen LogP contribution in [0.4, 0.5) is 5.69 Å². The van der Waals surface area contributed by atoms with Gasteiger partial charge in [-0.1, -0.05) is 30.3 Å². The summed E-state index contributed by atoms with van der Waals surface area (Å²) in [7, 11) is 0. The quantitative estimate of drug-likeness (QED) is 0.790. The van der Waals surface area contributed by atoms with Crippen LogP contribution in [0.1, 0.15) is 26.7 Å². The maximum absolute atomic E-state index is 12.2. The Bertz CT molecular complexity index is 564. The first-order valence-electron chi connectivity index (χ1n) is 7.37. The fraction of sp³-hybridized carbons (Fsp3) is 0.500. The lowest BCUT2D eigenvalue weighted by atomic mass is 10.1. The monoisotopic (exact) mass is 341 g/mol. The van der Waals surface area contributed by atoms with Crippen LogP contribution in [0.2, 0.25) is 5.02 Å². The van der Waals surface area contributed by atoms with Crippen LogP contribution in [0.3, 0.4) is 0 Å². The molecule has 1 aromatic carbocycles. The lowest BCUT2D eigenvalue weighted by Gasteiger charge is -2.18. The summed E-state index contributed by atoms with van der Waals surface area (Å²) >= 11 is 7.50. The van der Waals surface area contributed by atoms with Gasteiger partial charge < -0.3 is 9.64 Å². The van der Waals surface area contributed by atoms with E-state index in [0.717, 1.165) is 12.1 Å². The van der Waals surface area contributed by atoms with Crippen molar-refractivity contribution in [2.75, 3.05) is 23.8 Å². The molecule has 0 spiro atoms. The summed E-state index contributed by atoms with van der Waals surface area (Å²) in [5, 5.41) is 0.603. The van der Waals surface area contributed by atoms with Gasteiger partial charge in [-0.3, -0.25) is 9.59 Å². The normalized spacial score (nSPS) is 17.9. The van der Waals surface area contributed by atoms with Crippen LogP contribution in [0.5, 0.6) is 5.75 Å². The Morgan fingerprint density at radius 1 is 1.50 bits per heavy atom. The summed E-state index contributed by atoms with van der Waals surface area (Å²) in [6.07, 6.45) is 1.39. The summed E-state index contributed by atoms with van der Waals surface area (Å²) in [6, 6.07) is 5.43. The summed E-state index contributed by atoms with van der Waals surface area (Å²) in [5.74, 6) is 1.61. The second-order valence-corrected chi connectivity index (χ2v) is 6.94. The molecule has 2 rings (SSSR count). The smallest absolute Gasteiger partial charge is 0.227 e. The molecule has 0 saturated carbocycles. The zero-order chi connectivity index (χ0) is 16.1. The zero-order valence-electron chi connectivity index (χ0n) is 12.8. The van der Waals surface area contributed by atoms with Crippen molar-refractivity contribution < 1.29 is 14.3 Å². The number of rotatable bonds is 6. The van der Waals surface area contributed by atoms with Crippen molar-refractivity contribution >= 4 is 40.1 Å². The van der Waals surface area contributed by atoms with Crippen molar-refractivity contribution in [1.29, 1.82) is 0 Å². The minimum Gasteiger partial charge on any atom is -0.492 e. The zero-order valence-corrected chi connectivity index (χ0v) is 14.4. The molecule has 120 valence electrons. The molecule has 1 unspecified atom stereocenters. The van der Waals surface area contributed by atoms with E-state index in [0.29, 0.717) is 36.1 Å². The molecule has 1 aromatic rings. The number of anilines is 1. The highest BCUT2D eigenvalue weighted by atomic mass is 35.5. The average molecular weight is 342 g/mol. The van der Waals surface area contributed by atoms with Crippen molar-refractivity contribution in [2.45, 2.75) is 26.7 Å². The molecule has 0 bridgehead atoms. The van der Waals surface area contributed by atoms with Gasteiger partial charge in [0.1, 0.15) is 5.75 Å². The highest BCUT2D eigenvalue weighted by molar-refractivity contribution is 8.13. The fourth-order valence-electron chi connectivity index (χ4n) is 2.36. The van der Waals surface area contributed by atoms with E-state index in [1.807, 2.05) is 13.0 Å². The Morgan fingerprint density at radius 3 is 2.91 bits per heavy atom. The van der Waals surface area contributed by atoms with Gasteiger partial charge in [0.25, 0.3) is 0 Å². The molecule has 1 amide bonds. The summed E-state index contributed by atoms with van der Waals surface area (Å²) < 4.78 is 5.54. The predicted octanol–water partition coefficient (Wildman–Crippen LogP) is 3.76. The van der Waals surface area contributed by atoms with Crippen molar-refractivity contribution in [3.8, 4) is 5.75 Å². The van der Waals surface area contributed by atoms with E-state index in [2.05, 4.69) is 0 Å². The number of carbonyl (C=O) groups is 2. The molecular weight excluding hydrogens is 322 g/mol.